The highest BCUT2D eigenvalue weighted by atomic mass is 15.0. The summed E-state index contributed by atoms with van der Waals surface area (Å²) < 4.78 is 0. The van der Waals surface area contributed by atoms with Gasteiger partial charge in [0.05, 0.1) is 18.5 Å². The fourth-order valence-electron chi connectivity index (χ4n) is 1.90. The van der Waals surface area contributed by atoms with Crippen LogP contribution in [0.15, 0.2) is 0 Å². The summed E-state index contributed by atoms with van der Waals surface area (Å²) in [6.45, 7) is 4.56. The fourth-order valence-corrected chi connectivity index (χ4v) is 1.90. The summed E-state index contributed by atoms with van der Waals surface area (Å²) in [5, 5.41) is 2.56. The molecule has 0 radical (unpaired) electrons. The van der Waals surface area contributed by atoms with E-state index in [0.717, 1.165) is 12.1 Å². The van der Waals surface area contributed by atoms with Gasteiger partial charge in [0, 0.05) is 0 Å². The van der Waals surface area contributed by atoms with Crippen molar-refractivity contribution >= 4 is 0 Å². The average Bonchev–Trinajstić information content (AvgIpc) is 1.84. The molecule has 1 fully saturated rings. The Hall–Kier alpha value is -0.0400. The first-order chi connectivity index (χ1) is 4.86. The SMILES string of the molecule is CCC[C@@H]1C[C@@H](CCC)[NH2+]1. The Labute approximate surface area is 64.2 Å². The number of nitrogens with two attached hydrogens (primary N) is 1. The van der Waals surface area contributed by atoms with E-state index >= 15 is 0 Å². The first-order valence-corrected chi connectivity index (χ1v) is 4.71. The minimum Gasteiger partial charge on any atom is -0.341 e. The van der Waals surface area contributed by atoms with E-state index in [9.17, 15) is 0 Å². The lowest BCUT2D eigenvalue weighted by Gasteiger charge is -2.32. The van der Waals surface area contributed by atoms with Gasteiger partial charge >= 0.3 is 0 Å². The van der Waals surface area contributed by atoms with Crippen LogP contribution in [0.25, 0.3) is 0 Å². The summed E-state index contributed by atoms with van der Waals surface area (Å²) in [5.74, 6) is 0. The Balaban J connectivity index is 1.95. The number of quaternary nitrogens is 1. The zero-order chi connectivity index (χ0) is 7.40. The molecular weight excluding hydrogens is 122 g/mol. The maximum Gasteiger partial charge on any atom is 0.0918 e. The third-order valence-corrected chi connectivity index (χ3v) is 2.47. The minimum atomic E-state index is 0.988. The quantitative estimate of drug-likeness (QED) is 0.609. The summed E-state index contributed by atoms with van der Waals surface area (Å²) in [7, 11) is 0. The van der Waals surface area contributed by atoms with Crippen LogP contribution in [0.2, 0.25) is 0 Å². The molecule has 2 atom stereocenters. The van der Waals surface area contributed by atoms with Crippen molar-refractivity contribution in [1.29, 1.82) is 0 Å². The number of hydrogen-bond acceptors (Lipinski definition) is 0. The van der Waals surface area contributed by atoms with Crippen LogP contribution >= 0.6 is 0 Å². The highest BCUT2D eigenvalue weighted by molar-refractivity contribution is 4.70. The number of hydrogen-bond donors (Lipinski definition) is 1. The lowest BCUT2D eigenvalue weighted by Crippen LogP contribution is -3.03. The topological polar surface area (TPSA) is 16.6 Å². The maximum absolute atomic E-state index is 2.56. The van der Waals surface area contributed by atoms with Gasteiger partial charge in [0.1, 0.15) is 0 Å². The largest absolute Gasteiger partial charge is 0.341 e. The third-order valence-electron chi connectivity index (χ3n) is 2.47. The molecule has 1 rings (SSSR count). The first-order valence-electron chi connectivity index (χ1n) is 4.71. The van der Waals surface area contributed by atoms with E-state index in [2.05, 4.69) is 19.2 Å². The molecule has 10 heavy (non-hydrogen) atoms. The third kappa shape index (κ3) is 1.98. The second kappa shape index (κ2) is 3.97. The van der Waals surface area contributed by atoms with Crippen molar-refractivity contribution in [2.45, 2.75) is 58.0 Å². The van der Waals surface area contributed by atoms with Crippen LogP contribution in [0.4, 0.5) is 0 Å². The monoisotopic (exact) mass is 142 g/mol. The van der Waals surface area contributed by atoms with E-state index in [1.807, 2.05) is 0 Å². The van der Waals surface area contributed by atoms with Crippen LogP contribution in [0.5, 0.6) is 0 Å². The lowest BCUT2D eigenvalue weighted by molar-refractivity contribution is -0.779. The summed E-state index contributed by atoms with van der Waals surface area (Å²) in [6, 6.07) is 1.98. The average molecular weight is 142 g/mol. The Bertz CT molecular complexity index is 74.7. The lowest BCUT2D eigenvalue weighted by atomic mass is 9.91. The molecule has 0 aromatic rings. The molecule has 0 unspecified atom stereocenters. The van der Waals surface area contributed by atoms with Crippen molar-refractivity contribution in [1.82, 2.24) is 0 Å². The smallest absolute Gasteiger partial charge is 0.0918 e. The normalized spacial score (nSPS) is 31.8. The standard InChI is InChI=1S/C9H19N/c1-3-5-8-7-9(10-8)6-4-2/h8-10H,3-7H2,1-2H3/p+1/t8-,9-/m1/s1. The summed E-state index contributed by atoms with van der Waals surface area (Å²) in [5.41, 5.74) is 0. The van der Waals surface area contributed by atoms with Crippen LogP contribution < -0.4 is 5.32 Å². The molecule has 0 aromatic carbocycles. The van der Waals surface area contributed by atoms with Gasteiger partial charge in [-0.3, -0.25) is 0 Å². The first kappa shape index (κ1) is 8.06. The van der Waals surface area contributed by atoms with Crippen molar-refractivity contribution in [3.8, 4) is 0 Å². The zero-order valence-electron chi connectivity index (χ0n) is 7.27. The van der Waals surface area contributed by atoms with Crippen LogP contribution in [0.3, 0.4) is 0 Å². The maximum atomic E-state index is 2.56. The van der Waals surface area contributed by atoms with Crippen LogP contribution in [0, 0.1) is 0 Å². The van der Waals surface area contributed by atoms with E-state index in [0.29, 0.717) is 0 Å². The van der Waals surface area contributed by atoms with Gasteiger partial charge in [-0.1, -0.05) is 26.7 Å². The summed E-state index contributed by atoms with van der Waals surface area (Å²) in [6.07, 6.45) is 7.07. The predicted molar refractivity (Wildman–Crippen MR) is 43.9 cm³/mol. The predicted octanol–water partition coefficient (Wildman–Crippen LogP) is 1.29. The summed E-state index contributed by atoms with van der Waals surface area (Å²) in [4.78, 5) is 0. The molecule has 0 aromatic heterocycles. The molecular formula is C9H20N+. The molecule has 1 saturated heterocycles. The number of rotatable bonds is 4. The van der Waals surface area contributed by atoms with Crippen LogP contribution in [-0.4, -0.2) is 12.1 Å². The Morgan fingerprint density at radius 1 is 1.10 bits per heavy atom. The highest BCUT2D eigenvalue weighted by Crippen LogP contribution is 2.11. The molecule has 1 heterocycles. The van der Waals surface area contributed by atoms with E-state index in [4.69, 9.17) is 0 Å². The van der Waals surface area contributed by atoms with Gasteiger partial charge in [-0.05, 0) is 12.8 Å². The molecule has 0 aliphatic carbocycles. The van der Waals surface area contributed by atoms with Crippen molar-refractivity contribution < 1.29 is 5.32 Å². The molecule has 0 bridgehead atoms. The van der Waals surface area contributed by atoms with E-state index in [-0.39, 0.29) is 0 Å². The Morgan fingerprint density at radius 2 is 1.50 bits per heavy atom. The van der Waals surface area contributed by atoms with Gasteiger partial charge in [0.2, 0.25) is 0 Å². The zero-order valence-corrected chi connectivity index (χ0v) is 7.27. The van der Waals surface area contributed by atoms with Gasteiger partial charge in [-0.25, -0.2) is 0 Å². The van der Waals surface area contributed by atoms with Crippen LogP contribution in [-0.2, 0) is 0 Å². The molecule has 1 aliphatic heterocycles. The van der Waals surface area contributed by atoms with Gasteiger partial charge in [0.15, 0.2) is 0 Å². The second-order valence-electron chi connectivity index (χ2n) is 3.53. The van der Waals surface area contributed by atoms with Crippen molar-refractivity contribution in [3.63, 3.8) is 0 Å². The molecule has 0 amide bonds. The Morgan fingerprint density at radius 3 is 1.80 bits per heavy atom. The van der Waals surface area contributed by atoms with Gasteiger partial charge in [0.25, 0.3) is 0 Å². The Kier molecular flexibility index (Phi) is 3.20. The molecule has 1 heteroatoms. The molecule has 1 aliphatic rings. The van der Waals surface area contributed by atoms with Gasteiger partial charge in [-0.15, -0.1) is 0 Å². The van der Waals surface area contributed by atoms with E-state index < -0.39 is 0 Å². The molecule has 1 nitrogen and oxygen atoms in total. The molecule has 2 N–H and O–H groups in total. The van der Waals surface area contributed by atoms with Crippen molar-refractivity contribution in [2.75, 3.05) is 0 Å². The second-order valence-corrected chi connectivity index (χ2v) is 3.53. The molecule has 0 saturated carbocycles. The van der Waals surface area contributed by atoms with Crippen molar-refractivity contribution in [3.05, 3.63) is 0 Å². The van der Waals surface area contributed by atoms with E-state index in [1.165, 1.54) is 32.1 Å². The van der Waals surface area contributed by atoms with Crippen LogP contribution in [0.1, 0.15) is 46.0 Å². The van der Waals surface area contributed by atoms with E-state index in [1.54, 1.807) is 0 Å². The summed E-state index contributed by atoms with van der Waals surface area (Å²) >= 11 is 0. The molecule has 0 spiro atoms. The van der Waals surface area contributed by atoms with Gasteiger partial charge < -0.3 is 5.32 Å². The fraction of sp³-hybridized carbons (Fsp3) is 1.00. The minimum absolute atomic E-state index is 0.988. The van der Waals surface area contributed by atoms with Gasteiger partial charge in [-0.2, -0.15) is 0 Å². The van der Waals surface area contributed by atoms with Crippen molar-refractivity contribution in [2.24, 2.45) is 0 Å². The highest BCUT2D eigenvalue weighted by Gasteiger charge is 2.30. The molecule has 60 valence electrons.